The molecule has 2 aromatic heterocycles. The molecule has 0 spiro atoms. The number of thiophene rings is 1. The predicted molar refractivity (Wildman–Crippen MR) is 95.1 cm³/mol. The molecule has 0 aliphatic carbocycles. The highest BCUT2D eigenvalue weighted by molar-refractivity contribution is 7.13. The van der Waals surface area contributed by atoms with Gasteiger partial charge in [-0.1, -0.05) is 29.8 Å². The van der Waals surface area contributed by atoms with Gasteiger partial charge >= 0.3 is 0 Å². The molecule has 0 bridgehead atoms. The first-order valence-electron chi connectivity index (χ1n) is 7.23. The third-order valence-corrected chi connectivity index (χ3v) is 4.51. The van der Waals surface area contributed by atoms with Crippen LogP contribution in [0.5, 0.6) is 0 Å². The van der Waals surface area contributed by atoms with Crippen molar-refractivity contribution < 1.29 is 4.79 Å². The summed E-state index contributed by atoms with van der Waals surface area (Å²) >= 11 is 7.33. The molecule has 7 heteroatoms. The molecule has 0 atom stereocenters. The topological polar surface area (TPSA) is 64.0 Å². The average Bonchev–Trinajstić information content (AvgIpc) is 3.11. The number of carbonyl (C=O) groups excluding carboxylic acids is 1. The molecule has 122 valence electrons. The summed E-state index contributed by atoms with van der Waals surface area (Å²) in [5.41, 5.74) is 1.30. The van der Waals surface area contributed by atoms with Crippen molar-refractivity contribution in [2.45, 2.75) is 13.1 Å². The van der Waals surface area contributed by atoms with Crippen molar-refractivity contribution in [3.8, 4) is 10.6 Å². The molecule has 3 aromatic rings. The van der Waals surface area contributed by atoms with Gasteiger partial charge in [0.25, 0.3) is 5.56 Å². The Morgan fingerprint density at radius 2 is 2.04 bits per heavy atom. The van der Waals surface area contributed by atoms with Gasteiger partial charge in [-0.15, -0.1) is 11.3 Å². The minimum Gasteiger partial charge on any atom is -0.350 e. The van der Waals surface area contributed by atoms with Crippen LogP contribution < -0.4 is 10.9 Å². The third-order valence-electron chi connectivity index (χ3n) is 3.37. The summed E-state index contributed by atoms with van der Waals surface area (Å²) in [4.78, 5) is 29.3. The Labute approximate surface area is 147 Å². The van der Waals surface area contributed by atoms with Crippen LogP contribution in [-0.2, 0) is 17.9 Å². The lowest BCUT2D eigenvalue weighted by molar-refractivity contribution is -0.121. The highest BCUT2D eigenvalue weighted by Gasteiger charge is 2.07. The van der Waals surface area contributed by atoms with Crippen LogP contribution in [0.15, 0.2) is 59.0 Å². The van der Waals surface area contributed by atoms with Gasteiger partial charge in [0, 0.05) is 17.6 Å². The number of nitrogens with one attached hydrogen (secondary N) is 1. The molecule has 0 aliphatic heterocycles. The molecule has 5 nitrogen and oxygen atoms in total. The summed E-state index contributed by atoms with van der Waals surface area (Å²) in [5, 5.41) is 5.34. The van der Waals surface area contributed by atoms with E-state index >= 15 is 0 Å². The fourth-order valence-electron chi connectivity index (χ4n) is 2.12. The van der Waals surface area contributed by atoms with E-state index in [2.05, 4.69) is 10.3 Å². The van der Waals surface area contributed by atoms with E-state index in [1.807, 2.05) is 29.6 Å². The maximum atomic E-state index is 12.1. The lowest BCUT2D eigenvalue weighted by Crippen LogP contribution is -2.31. The molecule has 1 aromatic carbocycles. The van der Waals surface area contributed by atoms with Gasteiger partial charge in [-0.2, -0.15) is 0 Å². The second kappa shape index (κ2) is 7.42. The number of amides is 1. The van der Waals surface area contributed by atoms with Crippen molar-refractivity contribution in [2.24, 2.45) is 0 Å². The number of carbonyl (C=O) groups is 1. The number of benzene rings is 1. The highest BCUT2D eigenvalue weighted by atomic mass is 35.5. The molecule has 1 N–H and O–H groups in total. The second-order valence-corrected chi connectivity index (χ2v) is 6.50. The molecule has 0 saturated carbocycles. The standard InChI is InChI=1S/C17H14ClN3O2S/c18-13-5-3-12(4-6-13)9-19-16(22)10-21-11-20-14(8-17(21)23)15-2-1-7-24-15/h1-8,11H,9-10H2,(H,19,22). The Bertz CT molecular complexity index is 889. The zero-order valence-corrected chi connectivity index (χ0v) is 14.2. The minimum atomic E-state index is -0.255. The van der Waals surface area contributed by atoms with E-state index in [4.69, 9.17) is 11.6 Å². The van der Waals surface area contributed by atoms with E-state index in [0.717, 1.165) is 10.4 Å². The summed E-state index contributed by atoms with van der Waals surface area (Å²) in [5.74, 6) is -0.252. The molecule has 0 saturated heterocycles. The largest absolute Gasteiger partial charge is 0.350 e. The lowest BCUT2D eigenvalue weighted by Gasteiger charge is -2.08. The quantitative estimate of drug-likeness (QED) is 0.761. The van der Waals surface area contributed by atoms with Gasteiger partial charge in [0.15, 0.2) is 0 Å². The fraction of sp³-hybridized carbons (Fsp3) is 0.118. The van der Waals surface area contributed by atoms with Crippen LogP contribution in [0, 0.1) is 0 Å². The third kappa shape index (κ3) is 4.10. The van der Waals surface area contributed by atoms with Gasteiger partial charge in [0.2, 0.25) is 5.91 Å². The molecule has 0 radical (unpaired) electrons. The van der Waals surface area contributed by atoms with E-state index < -0.39 is 0 Å². The van der Waals surface area contributed by atoms with Crippen molar-refractivity contribution in [2.75, 3.05) is 0 Å². The number of hydrogen-bond donors (Lipinski definition) is 1. The van der Waals surface area contributed by atoms with E-state index in [9.17, 15) is 9.59 Å². The van der Waals surface area contributed by atoms with Crippen LogP contribution in [0.3, 0.4) is 0 Å². The first-order valence-corrected chi connectivity index (χ1v) is 8.49. The average molecular weight is 360 g/mol. The monoisotopic (exact) mass is 359 g/mol. The summed E-state index contributed by atoms with van der Waals surface area (Å²) < 4.78 is 1.29. The molecule has 2 heterocycles. The Morgan fingerprint density at radius 1 is 1.25 bits per heavy atom. The lowest BCUT2D eigenvalue weighted by atomic mass is 10.2. The van der Waals surface area contributed by atoms with Crippen molar-refractivity contribution in [1.29, 1.82) is 0 Å². The van der Waals surface area contributed by atoms with Gasteiger partial charge in [0.1, 0.15) is 6.54 Å². The summed E-state index contributed by atoms with van der Waals surface area (Å²) in [6, 6.07) is 12.4. The van der Waals surface area contributed by atoms with E-state index in [-0.39, 0.29) is 18.0 Å². The van der Waals surface area contributed by atoms with E-state index in [1.54, 1.807) is 12.1 Å². The maximum Gasteiger partial charge on any atom is 0.254 e. The Kier molecular flexibility index (Phi) is 5.08. The zero-order valence-electron chi connectivity index (χ0n) is 12.6. The smallest absolute Gasteiger partial charge is 0.254 e. The number of nitrogens with zero attached hydrogens (tertiary/aromatic N) is 2. The SMILES string of the molecule is O=C(Cn1cnc(-c2cccs2)cc1=O)NCc1ccc(Cl)cc1. The molecular formula is C17H14ClN3O2S. The van der Waals surface area contributed by atoms with Gasteiger partial charge in [-0.05, 0) is 29.1 Å². The van der Waals surface area contributed by atoms with E-state index in [1.165, 1.54) is 28.3 Å². The number of hydrogen-bond acceptors (Lipinski definition) is 4. The minimum absolute atomic E-state index is 0.0653. The molecule has 24 heavy (non-hydrogen) atoms. The van der Waals surface area contributed by atoms with Crippen molar-refractivity contribution >= 4 is 28.8 Å². The normalized spacial score (nSPS) is 10.5. The van der Waals surface area contributed by atoms with Gasteiger partial charge in [0.05, 0.1) is 16.9 Å². The Balaban J connectivity index is 1.62. The van der Waals surface area contributed by atoms with Gasteiger partial charge in [-0.25, -0.2) is 4.98 Å². The van der Waals surface area contributed by atoms with Gasteiger partial charge in [-0.3, -0.25) is 14.2 Å². The number of aromatic nitrogens is 2. The van der Waals surface area contributed by atoms with Crippen LogP contribution in [0.25, 0.3) is 10.6 Å². The molecule has 0 fully saturated rings. The Morgan fingerprint density at radius 3 is 2.71 bits per heavy atom. The fourth-order valence-corrected chi connectivity index (χ4v) is 2.94. The van der Waals surface area contributed by atoms with Crippen molar-refractivity contribution in [1.82, 2.24) is 14.9 Å². The summed E-state index contributed by atoms with van der Waals surface area (Å²) in [6.45, 7) is 0.315. The molecule has 0 aliphatic rings. The second-order valence-electron chi connectivity index (χ2n) is 5.12. The Hall–Kier alpha value is -2.44. The van der Waals surface area contributed by atoms with Gasteiger partial charge < -0.3 is 5.32 Å². The van der Waals surface area contributed by atoms with E-state index in [0.29, 0.717) is 17.3 Å². The maximum absolute atomic E-state index is 12.1. The summed E-state index contributed by atoms with van der Waals surface area (Å²) in [7, 11) is 0. The predicted octanol–water partition coefficient (Wildman–Crippen LogP) is 2.94. The number of halogens is 1. The zero-order chi connectivity index (χ0) is 16.9. The first kappa shape index (κ1) is 16.4. The molecule has 1 amide bonds. The summed E-state index contributed by atoms with van der Waals surface area (Å²) in [6.07, 6.45) is 1.40. The highest BCUT2D eigenvalue weighted by Crippen LogP contribution is 2.20. The van der Waals surface area contributed by atoms with Crippen LogP contribution in [0.1, 0.15) is 5.56 Å². The molecule has 0 unspecified atom stereocenters. The molecule has 3 rings (SSSR count). The van der Waals surface area contributed by atoms with Crippen molar-refractivity contribution in [3.05, 3.63) is 75.1 Å². The van der Waals surface area contributed by atoms with Crippen molar-refractivity contribution in [3.63, 3.8) is 0 Å². The number of rotatable bonds is 5. The van der Waals surface area contributed by atoms with Crippen LogP contribution in [-0.4, -0.2) is 15.5 Å². The first-order chi connectivity index (χ1) is 11.6. The van der Waals surface area contributed by atoms with Crippen LogP contribution in [0.2, 0.25) is 5.02 Å². The van der Waals surface area contributed by atoms with Crippen LogP contribution >= 0.6 is 22.9 Å². The van der Waals surface area contributed by atoms with Crippen LogP contribution in [0.4, 0.5) is 0 Å². The molecular weight excluding hydrogens is 346 g/mol.